The number of amides is 1. The second-order valence-corrected chi connectivity index (χ2v) is 7.79. The maximum absolute atomic E-state index is 13.0. The Bertz CT molecular complexity index is 818. The van der Waals surface area contributed by atoms with Gasteiger partial charge in [-0.15, -0.1) is 0 Å². The lowest BCUT2D eigenvalue weighted by molar-refractivity contribution is -0.132. The third-order valence-corrected chi connectivity index (χ3v) is 5.74. The quantitative estimate of drug-likeness (QED) is 0.864. The Balaban J connectivity index is 1.30. The van der Waals surface area contributed by atoms with E-state index >= 15 is 0 Å². The number of nitrogens with zero attached hydrogens (tertiary/aromatic N) is 3. The summed E-state index contributed by atoms with van der Waals surface area (Å²) >= 11 is 0. The van der Waals surface area contributed by atoms with Gasteiger partial charge in [-0.2, -0.15) is 0 Å². The van der Waals surface area contributed by atoms with Gasteiger partial charge < -0.3 is 10.2 Å². The number of hydrogen-bond donors (Lipinski definition) is 1. The van der Waals surface area contributed by atoms with Crippen LogP contribution in [0.1, 0.15) is 54.2 Å². The number of hydrogen-bond acceptors (Lipinski definition) is 4. The number of piperidine rings is 1. The van der Waals surface area contributed by atoms with Crippen LogP contribution in [0.2, 0.25) is 0 Å². The molecular formula is C22H27FN4O. The van der Waals surface area contributed by atoms with Crippen molar-refractivity contribution >= 4 is 5.91 Å². The van der Waals surface area contributed by atoms with Crippen LogP contribution in [0.4, 0.5) is 4.39 Å². The Kier molecular flexibility index (Phi) is 5.95. The van der Waals surface area contributed by atoms with Crippen LogP contribution in [0.15, 0.2) is 30.5 Å². The third-order valence-electron chi connectivity index (χ3n) is 5.74. The smallest absolute Gasteiger partial charge is 0.222 e. The normalized spacial score (nSPS) is 19.3. The number of rotatable bonds is 5. The molecule has 0 bridgehead atoms. The fourth-order valence-electron chi connectivity index (χ4n) is 4.07. The Morgan fingerprint density at radius 2 is 2.14 bits per heavy atom. The summed E-state index contributed by atoms with van der Waals surface area (Å²) in [5.41, 5.74) is 3.24. The number of fused-ring (bicyclic) bond motifs is 1. The standard InChI is InChI=1S/C22H27FN4O/c23-19-8-6-16(7-9-19)3-1-5-21(28)27-12-10-20-18(15-27)14-25-22(26-20)17-4-2-11-24-13-17/h6-9,14,17,24H,1-5,10-13,15H2/t17-/m0/s1. The summed E-state index contributed by atoms with van der Waals surface area (Å²) in [5, 5.41) is 3.42. The fraction of sp³-hybridized carbons (Fsp3) is 0.500. The molecule has 1 atom stereocenters. The third kappa shape index (κ3) is 4.55. The molecule has 3 heterocycles. The van der Waals surface area contributed by atoms with E-state index in [9.17, 15) is 9.18 Å². The zero-order chi connectivity index (χ0) is 19.3. The number of halogens is 1. The Morgan fingerprint density at radius 1 is 1.29 bits per heavy atom. The lowest BCUT2D eigenvalue weighted by Crippen LogP contribution is -2.37. The molecule has 1 saturated heterocycles. The summed E-state index contributed by atoms with van der Waals surface area (Å²) < 4.78 is 13.0. The van der Waals surface area contributed by atoms with Gasteiger partial charge in [0.25, 0.3) is 0 Å². The molecule has 0 aliphatic carbocycles. The molecule has 28 heavy (non-hydrogen) atoms. The van der Waals surface area contributed by atoms with Crippen molar-refractivity contribution in [2.45, 2.75) is 51.0 Å². The van der Waals surface area contributed by atoms with Gasteiger partial charge in [-0.1, -0.05) is 12.1 Å². The van der Waals surface area contributed by atoms with Crippen molar-refractivity contribution in [2.75, 3.05) is 19.6 Å². The first-order valence-corrected chi connectivity index (χ1v) is 10.3. The average Bonchev–Trinajstić information content (AvgIpc) is 2.75. The predicted molar refractivity (Wildman–Crippen MR) is 105 cm³/mol. The predicted octanol–water partition coefficient (Wildman–Crippen LogP) is 2.99. The van der Waals surface area contributed by atoms with Gasteiger partial charge in [0, 0.05) is 50.2 Å². The van der Waals surface area contributed by atoms with Crippen LogP contribution in [0.25, 0.3) is 0 Å². The highest BCUT2D eigenvalue weighted by Crippen LogP contribution is 2.23. The second-order valence-electron chi connectivity index (χ2n) is 7.79. The van der Waals surface area contributed by atoms with Crippen LogP contribution in [0.5, 0.6) is 0 Å². The van der Waals surface area contributed by atoms with E-state index in [4.69, 9.17) is 4.98 Å². The van der Waals surface area contributed by atoms with Crippen molar-refractivity contribution in [3.63, 3.8) is 0 Å². The first-order valence-electron chi connectivity index (χ1n) is 10.3. The lowest BCUT2D eigenvalue weighted by Gasteiger charge is -2.29. The van der Waals surface area contributed by atoms with Crippen molar-refractivity contribution in [1.29, 1.82) is 0 Å². The van der Waals surface area contributed by atoms with E-state index in [1.165, 1.54) is 18.6 Å². The van der Waals surface area contributed by atoms with Crippen molar-refractivity contribution in [1.82, 2.24) is 20.2 Å². The van der Waals surface area contributed by atoms with Gasteiger partial charge in [0.15, 0.2) is 0 Å². The van der Waals surface area contributed by atoms with Crippen molar-refractivity contribution in [2.24, 2.45) is 0 Å². The molecular weight excluding hydrogens is 355 g/mol. The van der Waals surface area contributed by atoms with Gasteiger partial charge in [-0.25, -0.2) is 14.4 Å². The van der Waals surface area contributed by atoms with E-state index in [0.29, 0.717) is 18.9 Å². The summed E-state index contributed by atoms with van der Waals surface area (Å²) in [5.74, 6) is 1.31. The highest BCUT2D eigenvalue weighted by molar-refractivity contribution is 5.76. The van der Waals surface area contributed by atoms with E-state index in [1.54, 1.807) is 12.1 Å². The van der Waals surface area contributed by atoms with Crippen LogP contribution >= 0.6 is 0 Å². The summed E-state index contributed by atoms with van der Waals surface area (Å²) in [7, 11) is 0. The molecule has 1 amide bonds. The van der Waals surface area contributed by atoms with Crippen LogP contribution in [0.3, 0.4) is 0 Å². The van der Waals surface area contributed by atoms with Gasteiger partial charge in [0.2, 0.25) is 5.91 Å². The molecule has 1 N–H and O–H groups in total. The van der Waals surface area contributed by atoms with Gasteiger partial charge in [0.05, 0.1) is 5.69 Å². The number of aryl methyl sites for hydroxylation is 1. The first-order chi connectivity index (χ1) is 13.7. The lowest BCUT2D eigenvalue weighted by atomic mass is 9.98. The molecule has 0 unspecified atom stereocenters. The number of carbonyl (C=O) groups is 1. The summed E-state index contributed by atoms with van der Waals surface area (Å²) in [6.07, 6.45) is 7.12. The first kappa shape index (κ1) is 19.0. The highest BCUT2D eigenvalue weighted by Gasteiger charge is 2.24. The van der Waals surface area contributed by atoms with Gasteiger partial charge >= 0.3 is 0 Å². The number of aromatic nitrogens is 2. The Morgan fingerprint density at radius 3 is 2.93 bits per heavy atom. The van der Waals surface area contributed by atoms with Gasteiger partial charge in [-0.3, -0.25) is 4.79 Å². The topological polar surface area (TPSA) is 58.1 Å². The zero-order valence-corrected chi connectivity index (χ0v) is 16.2. The van der Waals surface area contributed by atoms with Crippen molar-refractivity contribution < 1.29 is 9.18 Å². The fourth-order valence-corrected chi connectivity index (χ4v) is 4.07. The molecule has 2 aliphatic heterocycles. The molecule has 6 heteroatoms. The Hall–Kier alpha value is -2.34. The SMILES string of the molecule is O=C(CCCc1ccc(F)cc1)N1CCc2nc([C@H]3CCCNC3)ncc2C1. The van der Waals surface area contributed by atoms with Crippen LogP contribution in [-0.2, 0) is 24.2 Å². The van der Waals surface area contributed by atoms with Crippen LogP contribution in [-0.4, -0.2) is 40.4 Å². The number of carbonyl (C=O) groups excluding carboxylic acids is 1. The molecule has 0 spiro atoms. The minimum Gasteiger partial charge on any atom is -0.338 e. The molecule has 2 aromatic rings. The minimum absolute atomic E-state index is 0.174. The zero-order valence-electron chi connectivity index (χ0n) is 16.2. The molecule has 0 radical (unpaired) electrons. The van der Waals surface area contributed by atoms with Crippen molar-refractivity contribution in [3.8, 4) is 0 Å². The molecule has 4 rings (SSSR count). The highest BCUT2D eigenvalue weighted by atomic mass is 19.1. The van der Waals surface area contributed by atoms with Crippen molar-refractivity contribution in [3.05, 3.63) is 58.9 Å². The molecule has 1 aromatic heterocycles. The van der Waals surface area contributed by atoms with E-state index in [1.807, 2.05) is 11.1 Å². The van der Waals surface area contributed by atoms with E-state index in [-0.39, 0.29) is 11.7 Å². The molecule has 1 fully saturated rings. The maximum atomic E-state index is 13.0. The molecule has 0 saturated carbocycles. The monoisotopic (exact) mass is 382 g/mol. The summed E-state index contributed by atoms with van der Waals surface area (Å²) in [6.45, 7) is 3.37. The number of nitrogens with one attached hydrogen (secondary N) is 1. The van der Waals surface area contributed by atoms with Crippen LogP contribution in [0, 0.1) is 5.82 Å². The van der Waals surface area contributed by atoms with E-state index in [2.05, 4.69) is 10.3 Å². The van der Waals surface area contributed by atoms with Gasteiger partial charge in [0.1, 0.15) is 11.6 Å². The maximum Gasteiger partial charge on any atom is 0.222 e. The number of benzene rings is 1. The largest absolute Gasteiger partial charge is 0.338 e. The summed E-state index contributed by atoms with van der Waals surface area (Å²) in [6, 6.07) is 6.51. The van der Waals surface area contributed by atoms with Crippen LogP contribution < -0.4 is 5.32 Å². The van der Waals surface area contributed by atoms with Gasteiger partial charge in [-0.05, 0) is 49.9 Å². The molecule has 5 nitrogen and oxygen atoms in total. The van der Waals surface area contributed by atoms with E-state index in [0.717, 1.165) is 68.0 Å². The molecule has 1 aromatic carbocycles. The second kappa shape index (κ2) is 8.78. The molecule has 2 aliphatic rings. The Labute approximate surface area is 165 Å². The molecule has 148 valence electrons. The average molecular weight is 382 g/mol. The summed E-state index contributed by atoms with van der Waals surface area (Å²) in [4.78, 5) is 23.9. The minimum atomic E-state index is -0.225. The van der Waals surface area contributed by atoms with E-state index < -0.39 is 0 Å².